The summed E-state index contributed by atoms with van der Waals surface area (Å²) in [5.41, 5.74) is -0.0106. The van der Waals surface area contributed by atoms with Gasteiger partial charge in [-0.1, -0.05) is 6.92 Å². The van der Waals surface area contributed by atoms with E-state index in [1.807, 2.05) is 0 Å². The van der Waals surface area contributed by atoms with Crippen LogP contribution in [-0.2, 0) is 6.54 Å². The van der Waals surface area contributed by atoms with Crippen molar-refractivity contribution in [1.82, 2.24) is 5.32 Å². The summed E-state index contributed by atoms with van der Waals surface area (Å²) in [6, 6.07) is 1.73. The number of furan rings is 1. The molecule has 0 saturated heterocycles. The third-order valence-electron chi connectivity index (χ3n) is 4.12. The number of aromatic carboxylic acids is 1. The lowest BCUT2D eigenvalue weighted by Crippen LogP contribution is -2.43. The first-order valence-corrected chi connectivity index (χ1v) is 7.15. The molecule has 5 nitrogen and oxygen atoms in total. The van der Waals surface area contributed by atoms with Crippen LogP contribution < -0.4 is 5.32 Å². The summed E-state index contributed by atoms with van der Waals surface area (Å²) in [6.07, 6.45) is 3.75. The molecule has 0 aromatic carbocycles. The van der Waals surface area contributed by atoms with Gasteiger partial charge in [0.15, 0.2) is 0 Å². The number of nitrogens with one attached hydrogen (secondary N) is 1. The predicted molar refractivity (Wildman–Crippen MR) is 74.7 cm³/mol. The molecule has 3 N–H and O–H groups in total. The summed E-state index contributed by atoms with van der Waals surface area (Å²) in [4.78, 5) is 10.9. The van der Waals surface area contributed by atoms with Crippen LogP contribution in [-0.4, -0.2) is 28.3 Å². The van der Waals surface area contributed by atoms with Gasteiger partial charge in [0.1, 0.15) is 5.76 Å². The summed E-state index contributed by atoms with van der Waals surface area (Å²) in [6.45, 7) is 4.88. The van der Waals surface area contributed by atoms with Gasteiger partial charge in [0.05, 0.1) is 12.1 Å². The van der Waals surface area contributed by atoms with Gasteiger partial charge >= 0.3 is 5.97 Å². The predicted octanol–water partition coefficient (Wildman–Crippen LogP) is 2.32. The van der Waals surface area contributed by atoms with Gasteiger partial charge < -0.3 is 19.9 Å². The standard InChI is InChI=1S/C15H23NO4/c1-10-3-5-15(19,6-4-10)9-16-8-12-7-11(2)13(20-12)14(17)18/h7,10,16,19H,3-6,8-9H2,1-2H3,(H,17,18). The van der Waals surface area contributed by atoms with Crippen LogP contribution in [0.2, 0.25) is 0 Å². The molecule has 5 heteroatoms. The summed E-state index contributed by atoms with van der Waals surface area (Å²) in [5, 5.41) is 22.5. The Kier molecular flexibility index (Phi) is 4.50. The molecule has 0 spiro atoms. The fourth-order valence-corrected chi connectivity index (χ4v) is 2.74. The van der Waals surface area contributed by atoms with E-state index in [1.165, 1.54) is 0 Å². The molecule has 2 rings (SSSR count). The Labute approximate surface area is 119 Å². The first-order valence-electron chi connectivity index (χ1n) is 7.15. The van der Waals surface area contributed by atoms with Crippen molar-refractivity contribution in [1.29, 1.82) is 0 Å². The van der Waals surface area contributed by atoms with Crippen LogP contribution in [0.3, 0.4) is 0 Å². The highest BCUT2D eigenvalue weighted by Gasteiger charge is 2.31. The molecule has 112 valence electrons. The van der Waals surface area contributed by atoms with E-state index < -0.39 is 11.6 Å². The van der Waals surface area contributed by atoms with Crippen LogP contribution in [0.25, 0.3) is 0 Å². The molecule has 0 unspecified atom stereocenters. The van der Waals surface area contributed by atoms with Gasteiger partial charge in [-0.25, -0.2) is 4.79 Å². The maximum atomic E-state index is 10.9. The molecule has 1 aliphatic carbocycles. The van der Waals surface area contributed by atoms with E-state index in [4.69, 9.17) is 9.52 Å². The molecule has 1 heterocycles. The Morgan fingerprint density at radius 3 is 2.70 bits per heavy atom. The van der Waals surface area contributed by atoms with Gasteiger partial charge in [0.2, 0.25) is 5.76 Å². The van der Waals surface area contributed by atoms with Gasteiger partial charge in [0.25, 0.3) is 0 Å². The number of rotatable bonds is 5. The maximum Gasteiger partial charge on any atom is 0.372 e. The van der Waals surface area contributed by atoms with Crippen LogP contribution >= 0.6 is 0 Å². The second-order valence-corrected chi connectivity index (χ2v) is 6.04. The second-order valence-electron chi connectivity index (χ2n) is 6.04. The minimum atomic E-state index is -1.05. The van der Waals surface area contributed by atoms with Gasteiger partial charge in [-0.2, -0.15) is 0 Å². The molecule has 0 atom stereocenters. The number of carboxylic acid groups (broad SMARTS) is 1. The van der Waals surface area contributed by atoms with Crippen LogP contribution in [0.1, 0.15) is 54.5 Å². The Morgan fingerprint density at radius 2 is 2.15 bits per heavy atom. The van der Waals surface area contributed by atoms with Crippen molar-refractivity contribution in [2.45, 2.75) is 51.7 Å². The number of aliphatic hydroxyl groups is 1. The Bertz CT molecular complexity index is 472. The second kappa shape index (κ2) is 5.97. The Hall–Kier alpha value is -1.33. The van der Waals surface area contributed by atoms with E-state index in [0.29, 0.717) is 30.3 Å². The third-order valence-corrected chi connectivity index (χ3v) is 4.12. The molecule has 0 amide bonds. The summed E-state index contributed by atoms with van der Waals surface area (Å²) < 4.78 is 5.27. The lowest BCUT2D eigenvalue weighted by Gasteiger charge is -2.35. The van der Waals surface area contributed by atoms with E-state index in [9.17, 15) is 9.90 Å². The minimum Gasteiger partial charge on any atom is -0.475 e. The first-order chi connectivity index (χ1) is 9.39. The van der Waals surface area contributed by atoms with Crippen molar-refractivity contribution in [2.75, 3.05) is 6.54 Å². The van der Waals surface area contributed by atoms with E-state index in [1.54, 1.807) is 13.0 Å². The molecule has 0 bridgehead atoms. The van der Waals surface area contributed by atoms with Crippen LogP contribution in [0.15, 0.2) is 10.5 Å². The van der Waals surface area contributed by atoms with Crippen molar-refractivity contribution < 1.29 is 19.4 Å². The highest BCUT2D eigenvalue weighted by molar-refractivity contribution is 5.86. The zero-order valence-corrected chi connectivity index (χ0v) is 12.1. The van der Waals surface area contributed by atoms with Crippen LogP contribution in [0.5, 0.6) is 0 Å². The molecular weight excluding hydrogens is 258 g/mol. The molecular formula is C15H23NO4. The van der Waals surface area contributed by atoms with Gasteiger partial charge in [-0.15, -0.1) is 0 Å². The molecule has 1 aliphatic rings. The van der Waals surface area contributed by atoms with Gasteiger partial charge in [-0.3, -0.25) is 0 Å². The maximum absolute atomic E-state index is 10.9. The highest BCUT2D eigenvalue weighted by Crippen LogP contribution is 2.31. The number of hydrogen-bond acceptors (Lipinski definition) is 4. The topological polar surface area (TPSA) is 82.7 Å². The first kappa shape index (κ1) is 15.1. The number of carbonyl (C=O) groups is 1. The summed E-state index contributed by atoms with van der Waals surface area (Å²) in [5.74, 6) is 0.231. The monoisotopic (exact) mass is 281 g/mol. The van der Waals surface area contributed by atoms with Crippen molar-refractivity contribution in [3.8, 4) is 0 Å². The van der Waals surface area contributed by atoms with Crippen molar-refractivity contribution in [3.05, 3.63) is 23.2 Å². The van der Waals surface area contributed by atoms with Crippen LogP contribution in [0, 0.1) is 12.8 Å². The molecule has 0 aliphatic heterocycles. The number of carboxylic acids is 1. The van der Waals surface area contributed by atoms with E-state index >= 15 is 0 Å². The fourth-order valence-electron chi connectivity index (χ4n) is 2.74. The normalized spacial score (nSPS) is 26.6. The minimum absolute atomic E-state index is 0.00740. The van der Waals surface area contributed by atoms with E-state index in [-0.39, 0.29) is 5.76 Å². The molecule has 1 saturated carbocycles. The van der Waals surface area contributed by atoms with Gasteiger partial charge in [-0.05, 0) is 44.6 Å². The zero-order chi connectivity index (χ0) is 14.8. The summed E-state index contributed by atoms with van der Waals surface area (Å²) in [7, 11) is 0. The third kappa shape index (κ3) is 3.61. The zero-order valence-electron chi connectivity index (χ0n) is 12.1. The van der Waals surface area contributed by atoms with Gasteiger partial charge in [0, 0.05) is 12.1 Å². The quantitative estimate of drug-likeness (QED) is 0.771. The summed E-state index contributed by atoms with van der Waals surface area (Å²) >= 11 is 0. The fraction of sp³-hybridized carbons (Fsp3) is 0.667. The lowest BCUT2D eigenvalue weighted by molar-refractivity contribution is -0.00660. The lowest BCUT2D eigenvalue weighted by atomic mass is 9.79. The Morgan fingerprint density at radius 1 is 1.50 bits per heavy atom. The van der Waals surface area contributed by atoms with E-state index in [2.05, 4.69) is 12.2 Å². The van der Waals surface area contributed by atoms with Crippen molar-refractivity contribution in [3.63, 3.8) is 0 Å². The highest BCUT2D eigenvalue weighted by atomic mass is 16.4. The molecule has 1 aromatic heterocycles. The molecule has 0 radical (unpaired) electrons. The number of hydrogen-bond donors (Lipinski definition) is 3. The average molecular weight is 281 g/mol. The van der Waals surface area contributed by atoms with Crippen molar-refractivity contribution in [2.24, 2.45) is 5.92 Å². The largest absolute Gasteiger partial charge is 0.475 e. The smallest absolute Gasteiger partial charge is 0.372 e. The molecule has 20 heavy (non-hydrogen) atoms. The van der Waals surface area contributed by atoms with E-state index in [0.717, 1.165) is 25.7 Å². The molecule has 1 fully saturated rings. The average Bonchev–Trinajstić information content (AvgIpc) is 2.75. The van der Waals surface area contributed by atoms with Crippen molar-refractivity contribution >= 4 is 5.97 Å². The van der Waals surface area contributed by atoms with Crippen LogP contribution in [0.4, 0.5) is 0 Å². The number of aryl methyl sites for hydroxylation is 1. The Balaban J connectivity index is 1.84. The molecule has 1 aromatic rings. The SMILES string of the molecule is Cc1cc(CNCC2(O)CCC(C)CC2)oc1C(=O)O.